The third kappa shape index (κ3) is 1.45. The minimum absolute atomic E-state index is 0.614. The number of carbonyl (C=O) groups is 1. The second-order valence-corrected chi connectivity index (χ2v) is 3.17. The summed E-state index contributed by atoms with van der Waals surface area (Å²) < 4.78 is 0. The Morgan fingerprint density at radius 2 is 2.23 bits per heavy atom. The van der Waals surface area contributed by atoms with Gasteiger partial charge in [0, 0.05) is 24.8 Å². The zero-order valence-corrected chi connectivity index (χ0v) is 7.23. The van der Waals surface area contributed by atoms with E-state index in [1.54, 1.807) is 12.3 Å². The molecule has 0 N–H and O–H groups in total. The van der Waals surface area contributed by atoms with Crippen LogP contribution in [0.4, 0.5) is 5.82 Å². The molecule has 66 valence electrons. The van der Waals surface area contributed by atoms with Crippen molar-refractivity contribution in [3.05, 3.63) is 36.0 Å². The first-order valence-electron chi connectivity index (χ1n) is 4.12. The van der Waals surface area contributed by atoms with E-state index in [9.17, 15) is 4.79 Å². The second kappa shape index (κ2) is 3.01. The number of aromatic nitrogens is 1. The van der Waals surface area contributed by atoms with E-state index in [1.807, 2.05) is 6.07 Å². The molecular formula is C10H10N2O. The smallest absolute Gasteiger partial charge is 0.151 e. The van der Waals surface area contributed by atoms with Crippen molar-refractivity contribution >= 4 is 12.1 Å². The van der Waals surface area contributed by atoms with E-state index in [0.717, 1.165) is 25.2 Å². The van der Waals surface area contributed by atoms with Gasteiger partial charge in [-0.1, -0.05) is 6.58 Å². The van der Waals surface area contributed by atoms with Crippen LogP contribution in [0.1, 0.15) is 10.4 Å². The molecule has 3 nitrogen and oxygen atoms in total. The van der Waals surface area contributed by atoms with Gasteiger partial charge >= 0.3 is 0 Å². The Balaban J connectivity index is 2.14. The van der Waals surface area contributed by atoms with Crippen LogP contribution in [0, 0.1) is 0 Å². The molecule has 0 aromatic carbocycles. The largest absolute Gasteiger partial charge is 0.349 e. The SMILES string of the molecule is C=C1CN(c2ccc(C=O)cn2)C1. The highest BCUT2D eigenvalue weighted by molar-refractivity contribution is 5.74. The van der Waals surface area contributed by atoms with Gasteiger partial charge < -0.3 is 4.90 Å². The highest BCUT2D eigenvalue weighted by Crippen LogP contribution is 2.20. The molecule has 0 aliphatic carbocycles. The lowest BCUT2D eigenvalue weighted by atomic mass is 10.1. The van der Waals surface area contributed by atoms with Crippen molar-refractivity contribution in [3.63, 3.8) is 0 Å². The van der Waals surface area contributed by atoms with E-state index in [0.29, 0.717) is 5.56 Å². The van der Waals surface area contributed by atoms with Crippen LogP contribution in [0.2, 0.25) is 0 Å². The van der Waals surface area contributed by atoms with Gasteiger partial charge in [0.05, 0.1) is 0 Å². The van der Waals surface area contributed by atoms with Crippen molar-refractivity contribution in [3.8, 4) is 0 Å². The van der Waals surface area contributed by atoms with E-state index in [2.05, 4.69) is 16.5 Å². The molecule has 3 heteroatoms. The Hall–Kier alpha value is -1.64. The normalized spacial score (nSPS) is 15.4. The molecule has 0 amide bonds. The van der Waals surface area contributed by atoms with Gasteiger partial charge in [-0.25, -0.2) is 4.98 Å². The van der Waals surface area contributed by atoms with Gasteiger partial charge in [-0.2, -0.15) is 0 Å². The fourth-order valence-electron chi connectivity index (χ4n) is 1.31. The number of hydrogen-bond acceptors (Lipinski definition) is 3. The molecule has 2 heterocycles. The van der Waals surface area contributed by atoms with Crippen molar-refractivity contribution in [1.29, 1.82) is 0 Å². The molecule has 1 saturated heterocycles. The van der Waals surface area contributed by atoms with Crippen LogP contribution >= 0.6 is 0 Å². The topological polar surface area (TPSA) is 33.2 Å². The van der Waals surface area contributed by atoms with Gasteiger partial charge in [-0.05, 0) is 17.7 Å². The van der Waals surface area contributed by atoms with Crippen LogP contribution in [0.15, 0.2) is 30.5 Å². The van der Waals surface area contributed by atoms with E-state index >= 15 is 0 Å². The first-order chi connectivity index (χ1) is 6.29. The molecule has 1 aromatic rings. The molecule has 1 fully saturated rings. The summed E-state index contributed by atoms with van der Waals surface area (Å²) in [5.74, 6) is 0.915. The molecule has 0 radical (unpaired) electrons. The minimum Gasteiger partial charge on any atom is -0.349 e. The molecule has 1 aliphatic heterocycles. The third-order valence-corrected chi connectivity index (χ3v) is 2.06. The van der Waals surface area contributed by atoms with Crippen LogP contribution < -0.4 is 4.90 Å². The molecule has 0 bridgehead atoms. The van der Waals surface area contributed by atoms with Crippen molar-refractivity contribution in [1.82, 2.24) is 4.98 Å². The summed E-state index contributed by atoms with van der Waals surface area (Å²) in [5, 5.41) is 0. The monoisotopic (exact) mass is 174 g/mol. The second-order valence-electron chi connectivity index (χ2n) is 3.17. The van der Waals surface area contributed by atoms with E-state index < -0.39 is 0 Å². The summed E-state index contributed by atoms with van der Waals surface area (Å²) in [6.45, 7) is 5.61. The summed E-state index contributed by atoms with van der Waals surface area (Å²) in [6, 6.07) is 3.63. The van der Waals surface area contributed by atoms with Gasteiger partial charge in [0.1, 0.15) is 5.82 Å². The average Bonchev–Trinajstić information content (AvgIpc) is 2.13. The Morgan fingerprint density at radius 1 is 1.46 bits per heavy atom. The van der Waals surface area contributed by atoms with Crippen LogP contribution in [0.5, 0.6) is 0 Å². The third-order valence-electron chi connectivity index (χ3n) is 2.06. The van der Waals surface area contributed by atoms with Gasteiger partial charge in [-0.3, -0.25) is 4.79 Å². The fraction of sp³-hybridized carbons (Fsp3) is 0.200. The number of pyridine rings is 1. The Kier molecular flexibility index (Phi) is 1.85. The predicted octanol–water partition coefficient (Wildman–Crippen LogP) is 1.27. The number of hydrogen-bond donors (Lipinski definition) is 0. The van der Waals surface area contributed by atoms with Gasteiger partial charge in [0.2, 0.25) is 0 Å². The Labute approximate surface area is 76.7 Å². The highest BCUT2D eigenvalue weighted by atomic mass is 16.1. The first kappa shape index (κ1) is 7.98. The maximum absolute atomic E-state index is 10.4. The minimum atomic E-state index is 0.614. The average molecular weight is 174 g/mol. The molecule has 0 atom stereocenters. The number of carbonyl (C=O) groups excluding carboxylic acids is 1. The molecule has 0 spiro atoms. The lowest BCUT2D eigenvalue weighted by molar-refractivity contribution is 0.112. The maximum atomic E-state index is 10.4. The maximum Gasteiger partial charge on any atom is 0.151 e. The fourth-order valence-corrected chi connectivity index (χ4v) is 1.31. The molecule has 13 heavy (non-hydrogen) atoms. The first-order valence-corrected chi connectivity index (χ1v) is 4.12. The quantitative estimate of drug-likeness (QED) is 0.500. The zero-order valence-electron chi connectivity index (χ0n) is 7.23. The number of nitrogens with zero attached hydrogens (tertiary/aromatic N) is 2. The summed E-state index contributed by atoms with van der Waals surface area (Å²) in [6.07, 6.45) is 2.38. The van der Waals surface area contributed by atoms with E-state index in [4.69, 9.17) is 0 Å². The molecule has 0 saturated carbocycles. The highest BCUT2D eigenvalue weighted by Gasteiger charge is 2.18. The van der Waals surface area contributed by atoms with Gasteiger partial charge in [0.15, 0.2) is 6.29 Å². The van der Waals surface area contributed by atoms with Crippen molar-refractivity contribution in [2.75, 3.05) is 18.0 Å². The van der Waals surface area contributed by atoms with Crippen molar-refractivity contribution in [2.24, 2.45) is 0 Å². The zero-order chi connectivity index (χ0) is 9.26. The van der Waals surface area contributed by atoms with E-state index in [1.165, 1.54) is 5.57 Å². The van der Waals surface area contributed by atoms with Crippen LogP contribution in [-0.4, -0.2) is 24.4 Å². The van der Waals surface area contributed by atoms with Crippen LogP contribution in [0.3, 0.4) is 0 Å². The summed E-state index contributed by atoms with van der Waals surface area (Å²) in [7, 11) is 0. The van der Waals surface area contributed by atoms with Crippen LogP contribution in [-0.2, 0) is 0 Å². The molecule has 2 rings (SSSR count). The van der Waals surface area contributed by atoms with Gasteiger partial charge in [-0.15, -0.1) is 0 Å². The van der Waals surface area contributed by atoms with Crippen LogP contribution in [0.25, 0.3) is 0 Å². The number of anilines is 1. The molecular weight excluding hydrogens is 164 g/mol. The summed E-state index contributed by atoms with van der Waals surface area (Å²) in [4.78, 5) is 16.6. The van der Waals surface area contributed by atoms with E-state index in [-0.39, 0.29) is 0 Å². The number of aldehydes is 1. The summed E-state index contributed by atoms with van der Waals surface area (Å²) >= 11 is 0. The summed E-state index contributed by atoms with van der Waals surface area (Å²) in [5.41, 5.74) is 1.84. The molecule has 1 aliphatic rings. The Bertz CT molecular complexity index is 334. The lowest BCUT2D eigenvalue weighted by Crippen LogP contribution is -2.39. The Morgan fingerprint density at radius 3 is 2.69 bits per heavy atom. The van der Waals surface area contributed by atoms with Crippen molar-refractivity contribution < 1.29 is 4.79 Å². The predicted molar refractivity (Wildman–Crippen MR) is 51.0 cm³/mol. The molecule has 0 unspecified atom stereocenters. The van der Waals surface area contributed by atoms with Gasteiger partial charge in [0.25, 0.3) is 0 Å². The number of rotatable bonds is 2. The standard InChI is InChI=1S/C10H10N2O/c1-8-5-12(6-8)10-3-2-9(7-13)4-11-10/h2-4,7H,1,5-6H2. The molecule has 1 aromatic heterocycles. The van der Waals surface area contributed by atoms with Crippen molar-refractivity contribution in [2.45, 2.75) is 0 Å². The lowest BCUT2D eigenvalue weighted by Gasteiger charge is -2.34.